The Morgan fingerprint density at radius 3 is 2.35 bits per heavy atom. The molecule has 2 aromatic carbocycles. The van der Waals surface area contributed by atoms with Gasteiger partial charge >= 0.3 is 0 Å². The predicted molar refractivity (Wildman–Crippen MR) is 117 cm³/mol. The molecular weight excluding hydrogens is 420 g/mol. The molecule has 3 rings (SSSR count). The maximum absolute atomic E-state index is 12.6. The number of benzene rings is 2. The molecule has 0 saturated carbocycles. The Morgan fingerprint density at radius 1 is 1.03 bits per heavy atom. The second-order valence-corrected chi connectivity index (χ2v) is 8.48. The number of hydrogen-bond donors (Lipinski definition) is 1. The van der Waals surface area contributed by atoms with Crippen LogP contribution in [-0.2, 0) is 16.6 Å². The van der Waals surface area contributed by atoms with E-state index in [9.17, 15) is 8.42 Å². The minimum Gasteiger partial charge on any atom is -0.497 e. The highest BCUT2D eigenvalue weighted by Crippen LogP contribution is 2.31. The maximum atomic E-state index is 12.6. The Bertz CT molecular complexity index is 1110. The summed E-state index contributed by atoms with van der Waals surface area (Å²) in [4.78, 5) is 4.66. The van der Waals surface area contributed by atoms with Gasteiger partial charge in [-0.05, 0) is 36.4 Å². The molecule has 0 aliphatic carbocycles. The van der Waals surface area contributed by atoms with E-state index < -0.39 is 10.0 Å². The van der Waals surface area contributed by atoms with Crippen LogP contribution < -0.4 is 14.8 Å². The van der Waals surface area contributed by atoms with Crippen LogP contribution in [0.5, 0.6) is 11.5 Å². The molecule has 0 unspecified atom stereocenters. The molecule has 9 nitrogen and oxygen atoms in total. The van der Waals surface area contributed by atoms with E-state index >= 15 is 0 Å². The van der Waals surface area contributed by atoms with Crippen LogP contribution in [0.15, 0.2) is 51.9 Å². The molecule has 31 heavy (non-hydrogen) atoms. The Kier molecular flexibility index (Phi) is 7.13. The van der Waals surface area contributed by atoms with Crippen molar-refractivity contribution in [2.45, 2.75) is 25.3 Å². The van der Waals surface area contributed by atoms with Gasteiger partial charge in [-0.1, -0.05) is 19.0 Å². The Hall–Kier alpha value is -3.11. The summed E-state index contributed by atoms with van der Waals surface area (Å²) in [7, 11) is -0.338. The van der Waals surface area contributed by atoms with Gasteiger partial charge in [0.25, 0.3) is 0 Å². The zero-order valence-electron chi connectivity index (χ0n) is 18.0. The molecule has 0 radical (unpaired) electrons. The van der Waals surface area contributed by atoms with Gasteiger partial charge in [0.2, 0.25) is 21.7 Å². The summed E-state index contributed by atoms with van der Waals surface area (Å²) in [6, 6.07) is 11.9. The van der Waals surface area contributed by atoms with Gasteiger partial charge in [-0.25, -0.2) is 8.42 Å². The third-order valence-electron chi connectivity index (χ3n) is 4.76. The molecule has 0 amide bonds. The smallest absolute Gasteiger partial charge is 0.246 e. The molecule has 166 valence electrons. The molecule has 1 heterocycles. The molecular formula is C21H26N4O5S. The number of aromatic nitrogens is 2. The van der Waals surface area contributed by atoms with Crippen LogP contribution in [0.3, 0.4) is 0 Å². The zero-order valence-corrected chi connectivity index (χ0v) is 18.8. The summed E-state index contributed by atoms with van der Waals surface area (Å²) in [6.07, 6.45) is 0. The number of nitrogens with one attached hydrogen (secondary N) is 1. The first-order valence-corrected chi connectivity index (χ1v) is 11.3. The van der Waals surface area contributed by atoms with E-state index in [-0.39, 0.29) is 11.4 Å². The molecule has 1 N–H and O–H groups in total. The lowest BCUT2D eigenvalue weighted by Crippen LogP contribution is -2.30. The number of anilines is 1. The SMILES string of the molecule is CCN(CC)S(=O)(=O)c1ccc(NCc2nc(-c3ccc(OC)cc3OC)no2)cc1. The molecule has 0 aliphatic rings. The number of rotatable bonds is 10. The normalized spacial score (nSPS) is 11.5. The third-order valence-corrected chi connectivity index (χ3v) is 6.82. The van der Waals surface area contributed by atoms with Gasteiger partial charge in [0.1, 0.15) is 11.5 Å². The quantitative estimate of drug-likeness (QED) is 0.505. The number of methoxy groups -OCH3 is 2. The van der Waals surface area contributed by atoms with Crippen LogP contribution in [0.1, 0.15) is 19.7 Å². The number of nitrogens with zero attached hydrogens (tertiary/aromatic N) is 3. The average Bonchev–Trinajstić information content (AvgIpc) is 3.27. The molecule has 0 saturated heterocycles. The second-order valence-electron chi connectivity index (χ2n) is 6.55. The van der Waals surface area contributed by atoms with Crippen molar-refractivity contribution in [3.63, 3.8) is 0 Å². The number of ether oxygens (including phenoxy) is 2. The Morgan fingerprint density at radius 2 is 1.74 bits per heavy atom. The van der Waals surface area contributed by atoms with Gasteiger partial charge in [-0.2, -0.15) is 9.29 Å². The van der Waals surface area contributed by atoms with Gasteiger partial charge in [0, 0.05) is 24.8 Å². The highest BCUT2D eigenvalue weighted by atomic mass is 32.2. The summed E-state index contributed by atoms with van der Waals surface area (Å²) in [6.45, 7) is 4.77. The summed E-state index contributed by atoms with van der Waals surface area (Å²) < 4.78 is 42.5. The molecule has 0 bridgehead atoms. The molecule has 0 fully saturated rings. The number of hydrogen-bond acceptors (Lipinski definition) is 8. The van der Waals surface area contributed by atoms with Crippen molar-refractivity contribution in [1.29, 1.82) is 0 Å². The third kappa shape index (κ3) is 4.97. The molecule has 0 spiro atoms. The lowest BCUT2D eigenvalue weighted by atomic mass is 10.2. The summed E-state index contributed by atoms with van der Waals surface area (Å²) in [5.74, 6) is 2.02. The fraction of sp³-hybridized carbons (Fsp3) is 0.333. The minimum absolute atomic E-state index is 0.258. The molecule has 0 aliphatic heterocycles. The van der Waals surface area contributed by atoms with Crippen LogP contribution in [0, 0.1) is 0 Å². The van der Waals surface area contributed by atoms with E-state index in [0.29, 0.717) is 41.9 Å². The van der Waals surface area contributed by atoms with Gasteiger partial charge in [0.15, 0.2) is 0 Å². The monoisotopic (exact) mass is 446 g/mol. The Labute approximate surface area is 182 Å². The first-order chi connectivity index (χ1) is 14.9. The molecule has 3 aromatic rings. The summed E-state index contributed by atoms with van der Waals surface area (Å²) in [5, 5.41) is 7.17. The van der Waals surface area contributed by atoms with Crippen molar-refractivity contribution < 1.29 is 22.4 Å². The van der Waals surface area contributed by atoms with Gasteiger partial charge in [-0.15, -0.1) is 0 Å². The van der Waals surface area contributed by atoms with Crippen LogP contribution in [0.2, 0.25) is 0 Å². The largest absolute Gasteiger partial charge is 0.497 e. The van der Waals surface area contributed by atoms with E-state index in [1.165, 1.54) is 4.31 Å². The first-order valence-electron chi connectivity index (χ1n) is 9.82. The van der Waals surface area contributed by atoms with E-state index in [0.717, 1.165) is 5.69 Å². The van der Waals surface area contributed by atoms with E-state index in [2.05, 4.69) is 15.5 Å². The van der Waals surface area contributed by atoms with Crippen LogP contribution >= 0.6 is 0 Å². The molecule has 0 atom stereocenters. The van der Waals surface area contributed by atoms with Crippen molar-refractivity contribution in [3.05, 3.63) is 48.4 Å². The van der Waals surface area contributed by atoms with E-state index in [1.807, 2.05) is 13.8 Å². The van der Waals surface area contributed by atoms with Crippen molar-refractivity contribution in [2.24, 2.45) is 0 Å². The lowest BCUT2D eigenvalue weighted by molar-refractivity contribution is 0.382. The van der Waals surface area contributed by atoms with Crippen molar-refractivity contribution in [1.82, 2.24) is 14.4 Å². The maximum Gasteiger partial charge on any atom is 0.246 e. The van der Waals surface area contributed by atoms with Gasteiger partial charge in [-0.3, -0.25) is 0 Å². The van der Waals surface area contributed by atoms with E-state index in [4.69, 9.17) is 14.0 Å². The number of sulfonamides is 1. The summed E-state index contributed by atoms with van der Waals surface area (Å²) in [5.41, 5.74) is 1.42. The fourth-order valence-corrected chi connectivity index (χ4v) is 4.51. The molecule has 1 aromatic heterocycles. The lowest BCUT2D eigenvalue weighted by Gasteiger charge is -2.18. The Balaban J connectivity index is 1.69. The highest BCUT2D eigenvalue weighted by molar-refractivity contribution is 7.89. The predicted octanol–water partition coefficient (Wildman–Crippen LogP) is 3.40. The van der Waals surface area contributed by atoms with E-state index in [1.54, 1.807) is 56.7 Å². The van der Waals surface area contributed by atoms with Gasteiger partial charge < -0.3 is 19.3 Å². The topological polar surface area (TPSA) is 107 Å². The average molecular weight is 447 g/mol. The van der Waals surface area contributed by atoms with Crippen LogP contribution in [0.25, 0.3) is 11.4 Å². The van der Waals surface area contributed by atoms with Crippen molar-refractivity contribution in [2.75, 3.05) is 32.6 Å². The zero-order chi connectivity index (χ0) is 22.4. The fourth-order valence-electron chi connectivity index (χ4n) is 3.05. The molecule has 10 heteroatoms. The standard InChI is InChI=1S/C21H26N4O5S/c1-5-25(6-2)31(26,27)17-10-7-15(8-11-17)22-14-20-23-21(24-30-20)18-12-9-16(28-3)13-19(18)29-4/h7-13,22H,5-6,14H2,1-4H3. The second kappa shape index (κ2) is 9.80. The highest BCUT2D eigenvalue weighted by Gasteiger charge is 2.21. The van der Waals surface area contributed by atoms with Gasteiger partial charge in [0.05, 0.1) is 31.2 Å². The van der Waals surface area contributed by atoms with Crippen LogP contribution in [-0.4, -0.2) is 50.2 Å². The van der Waals surface area contributed by atoms with Crippen LogP contribution in [0.4, 0.5) is 5.69 Å². The summed E-state index contributed by atoms with van der Waals surface area (Å²) >= 11 is 0. The first kappa shape index (κ1) is 22.6. The van der Waals surface area contributed by atoms with Crippen molar-refractivity contribution >= 4 is 15.7 Å². The van der Waals surface area contributed by atoms with Crippen molar-refractivity contribution in [3.8, 4) is 22.9 Å². The minimum atomic E-state index is -3.48.